The van der Waals surface area contributed by atoms with E-state index >= 15 is 0 Å². The quantitative estimate of drug-likeness (QED) is 0.780. The van der Waals surface area contributed by atoms with Gasteiger partial charge in [0, 0.05) is 11.4 Å². The minimum atomic E-state index is -3.17. The lowest BCUT2D eigenvalue weighted by Gasteiger charge is -2.24. The Labute approximate surface area is 154 Å². The molecule has 6 heteroatoms. The van der Waals surface area contributed by atoms with E-state index in [2.05, 4.69) is 6.92 Å². The van der Waals surface area contributed by atoms with Gasteiger partial charge in [-0.3, -0.25) is 9.80 Å². The molecule has 2 amide bonds. The van der Waals surface area contributed by atoms with Crippen molar-refractivity contribution in [3.8, 4) is 0 Å². The minimum absolute atomic E-state index is 0.0152. The first-order chi connectivity index (χ1) is 12.4. The highest BCUT2D eigenvalue weighted by Crippen LogP contribution is 2.38. The largest absolute Gasteiger partial charge is 0.329 e. The van der Waals surface area contributed by atoms with Crippen molar-refractivity contribution >= 4 is 27.2 Å². The van der Waals surface area contributed by atoms with Crippen LogP contribution in [-0.2, 0) is 16.3 Å². The van der Waals surface area contributed by atoms with Gasteiger partial charge in [-0.25, -0.2) is 13.2 Å². The molecule has 0 saturated carbocycles. The van der Waals surface area contributed by atoms with E-state index in [1.807, 2.05) is 55.5 Å². The van der Waals surface area contributed by atoms with Crippen LogP contribution < -0.4 is 9.80 Å². The number of para-hydroxylation sites is 1. The molecule has 2 aliphatic heterocycles. The predicted octanol–water partition coefficient (Wildman–Crippen LogP) is 3.17. The summed E-state index contributed by atoms with van der Waals surface area (Å²) in [5, 5.41) is 0. The molecule has 2 aromatic rings. The molecule has 2 fully saturated rings. The first-order valence-electron chi connectivity index (χ1n) is 8.88. The number of amides is 2. The first kappa shape index (κ1) is 17.1. The molecule has 2 heterocycles. The molecule has 4 rings (SSSR count). The Kier molecular flexibility index (Phi) is 4.03. The van der Waals surface area contributed by atoms with E-state index in [1.54, 1.807) is 9.80 Å². The van der Waals surface area contributed by atoms with Gasteiger partial charge in [-0.05, 0) is 42.7 Å². The third-order valence-corrected chi connectivity index (χ3v) is 7.07. The molecule has 0 aromatic heterocycles. The number of sulfone groups is 1. The predicted molar refractivity (Wildman–Crippen MR) is 104 cm³/mol. The van der Waals surface area contributed by atoms with E-state index in [0.29, 0.717) is 0 Å². The van der Waals surface area contributed by atoms with E-state index in [0.717, 1.165) is 23.4 Å². The third-order valence-electron chi connectivity index (χ3n) is 5.37. The molecular weight excluding hydrogens is 348 g/mol. The fourth-order valence-corrected chi connectivity index (χ4v) is 5.93. The molecule has 2 aromatic carbocycles. The summed E-state index contributed by atoms with van der Waals surface area (Å²) in [5.41, 5.74) is 3.70. The second kappa shape index (κ2) is 6.13. The van der Waals surface area contributed by atoms with Gasteiger partial charge in [0.2, 0.25) is 0 Å². The summed E-state index contributed by atoms with van der Waals surface area (Å²) >= 11 is 0. The number of carbonyl (C=O) groups excluding carboxylic acids is 1. The van der Waals surface area contributed by atoms with Crippen molar-refractivity contribution in [2.75, 3.05) is 21.3 Å². The van der Waals surface area contributed by atoms with Gasteiger partial charge in [0.15, 0.2) is 9.84 Å². The standard InChI is InChI=1S/C20H22N2O3S/c1-3-15-8-10-16(11-9-15)21-18-12-26(24,25)13-19(18)22(20(21)23)17-7-5-4-6-14(17)2/h4-11,18-19H,3,12-13H2,1-2H3/t18-,19-/m0/s1. The zero-order chi connectivity index (χ0) is 18.5. The highest BCUT2D eigenvalue weighted by Gasteiger charge is 2.54. The van der Waals surface area contributed by atoms with Crippen LogP contribution in [-0.4, -0.2) is 38.0 Å². The molecule has 0 bridgehead atoms. The summed E-state index contributed by atoms with van der Waals surface area (Å²) in [5.74, 6) is 0.0304. The maximum atomic E-state index is 13.3. The maximum absolute atomic E-state index is 13.3. The maximum Gasteiger partial charge on any atom is 0.329 e. The lowest BCUT2D eigenvalue weighted by molar-refractivity contribution is 0.255. The van der Waals surface area contributed by atoms with Crippen LogP contribution in [0.1, 0.15) is 18.1 Å². The summed E-state index contributed by atoms with van der Waals surface area (Å²) in [6.07, 6.45) is 0.921. The summed E-state index contributed by atoms with van der Waals surface area (Å²) in [4.78, 5) is 16.6. The first-order valence-corrected chi connectivity index (χ1v) is 10.7. The van der Waals surface area contributed by atoms with Crippen molar-refractivity contribution in [3.05, 3.63) is 59.7 Å². The van der Waals surface area contributed by atoms with Gasteiger partial charge in [-0.15, -0.1) is 0 Å². The van der Waals surface area contributed by atoms with Crippen molar-refractivity contribution in [1.29, 1.82) is 0 Å². The van der Waals surface area contributed by atoms with Gasteiger partial charge in [0.05, 0.1) is 23.6 Å². The Balaban J connectivity index is 1.80. The number of fused-ring (bicyclic) bond motifs is 1. The average Bonchev–Trinajstić information content (AvgIpc) is 3.05. The number of carbonyl (C=O) groups is 1. The average molecular weight is 370 g/mol. The Morgan fingerprint density at radius 2 is 1.58 bits per heavy atom. The Hall–Kier alpha value is -2.34. The highest BCUT2D eigenvalue weighted by atomic mass is 32.2. The van der Waals surface area contributed by atoms with Crippen molar-refractivity contribution in [3.63, 3.8) is 0 Å². The third kappa shape index (κ3) is 2.69. The van der Waals surface area contributed by atoms with Gasteiger partial charge < -0.3 is 0 Å². The van der Waals surface area contributed by atoms with E-state index in [-0.39, 0.29) is 29.6 Å². The number of nitrogens with zero attached hydrogens (tertiary/aromatic N) is 2. The van der Waals surface area contributed by atoms with Crippen LogP contribution in [0.25, 0.3) is 0 Å². The summed E-state index contributed by atoms with van der Waals surface area (Å²) in [7, 11) is -3.17. The van der Waals surface area contributed by atoms with E-state index in [1.165, 1.54) is 5.56 Å². The van der Waals surface area contributed by atoms with Crippen molar-refractivity contribution in [1.82, 2.24) is 0 Å². The van der Waals surface area contributed by atoms with Crippen LogP contribution in [0.15, 0.2) is 48.5 Å². The normalized spacial score (nSPS) is 24.2. The number of urea groups is 1. The monoisotopic (exact) mass is 370 g/mol. The zero-order valence-electron chi connectivity index (χ0n) is 14.9. The number of anilines is 2. The lowest BCUT2D eigenvalue weighted by Crippen LogP contribution is -2.38. The van der Waals surface area contributed by atoms with Gasteiger partial charge in [-0.2, -0.15) is 0 Å². The molecule has 5 nitrogen and oxygen atoms in total. The second-order valence-electron chi connectivity index (χ2n) is 7.04. The summed E-state index contributed by atoms with van der Waals surface area (Å²) < 4.78 is 24.7. The van der Waals surface area contributed by atoms with E-state index in [9.17, 15) is 13.2 Å². The topological polar surface area (TPSA) is 57.7 Å². The smallest absolute Gasteiger partial charge is 0.288 e. The van der Waals surface area contributed by atoms with Crippen LogP contribution in [0.4, 0.5) is 16.2 Å². The Morgan fingerprint density at radius 3 is 2.19 bits per heavy atom. The zero-order valence-corrected chi connectivity index (χ0v) is 15.7. The van der Waals surface area contributed by atoms with Crippen LogP contribution in [0.2, 0.25) is 0 Å². The molecule has 26 heavy (non-hydrogen) atoms. The van der Waals surface area contributed by atoms with Crippen LogP contribution >= 0.6 is 0 Å². The summed E-state index contributed by atoms with van der Waals surface area (Å²) in [6, 6.07) is 14.6. The van der Waals surface area contributed by atoms with Crippen LogP contribution in [0.3, 0.4) is 0 Å². The van der Waals surface area contributed by atoms with Gasteiger partial charge in [0.25, 0.3) is 0 Å². The molecule has 0 spiro atoms. The van der Waals surface area contributed by atoms with Crippen molar-refractivity contribution in [2.45, 2.75) is 32.4 Å². The van der Waals surface area contributed by atoms with Gasteiger partial charge in [-0.1, -0.05) is 37.3 Å². The van der Waals surface area contributed by atoms with Crippen molar-refractivity contribution < 1.29 is 13.2 Å². The number of hydrogen-bond donors (Lipinski definition) is 0. The number of benzene rings is 2. The molecule has 2 saturated heterocycles. The van der Waals surface area contributed by atoms with Crippen LogP contribution in [0.5, 0.6) is 0 Å². The van der Waals surface area contributed by atoms with Crippen molar-refractivity contribution in [2.24, 2.45) is 0 Å². The summed E-state index contributed by atoms with van der Waals surface area (Å²) in [6.45, 7) is 4.02. The minimum Gasteiger partial charge on any atom is -0.288 e. The number of hydrogen-bond acceptors (Lipinski definition) is 3. The Bertz CT molecular complexity index is 953. The lowest BCUT2D eigenvalue weighted by atomic mass is 10.1. The fraction of sp³-hybridized carbons (Fsp3) is 0.350. The molecule has 0 unspecified atom stereocenters. The van der Waals surface area contributed by atoms with Gasteiger partial charge >= 0.3 is 6.03 Å². The Morgan fingerprint density at radius 1 is 0.962 bits per heavy atom. The molecule has 2 atom stereocenters. The van der Waals surface area contributed by atoms with E-state index in [4.69, 9.17) is 0 Å². The van der Waals surface area contributed by atoms with E-state index < -0.39 is 9.84 Å². The molecular formula is C20H22N2O3S. The molecule has 0 radical (unpaired) electrons. The highest BCUT2D eigenvalue weighted by molar-refractivity contribution is 7.91. The SMILES string of the molecule is CCc1ccc(N2C(=O)N(c3ccccc3C)[C@H]3CS(=O)(=O)C[C@@H]32)cc1. The fourth-order valence-electron chi connectivity index (χ4n) is 4.01. The number of rotatable bonds is 3. The molecule has 0 aliphatic carbocycles. The molecule has 2 aliphatic rings. The molecule has 136 valence electrons. The van der Waals surface area contributed by atoms with Gasteiger partial charge in [0.1, 0.15) is 0 Å². The van der Waals surface area contributed by atoms with Crippen LogP contribution in [0, 0.1) is 6.92 Å². The second-order valence-corrected chi connectivity index (χ2v) is 9.19. The number of aryl methyl sites for hydroxylation is 2. The molecule has 0 N–H and O–H groups in total.